The lowest BCUT2D eigenvalue weighted by molar-refractivity contribution is -0.137. The fourth-order valence-electron chi connectivity index (χ4n) is 3.71. The topological polar surface area (TPSA) is 73.5 Å². The smallest absolute Gasteiger partial charge is 0.241 e. The van der Waals surface area contributed by atoms with Gasteiger partial charge in [-0.2, -0.15) is 0 Å². The van der Waals surface area contributed by atoms with E-state index in [0.29, 0.717) is 19.0 Å². The highest BCUT2D eigenvalue weighted by atomic mass is 16.2. The number of nitrogens with zero attached hydrogens (tertiary/aromatic N) is 1. The van der Waals surface area contributed by atoms with Gasteiger partial charge in [0.1, 0.15) is 6.04 Å². The summed E-state index contributed by atoms with van der Waals surface area (Å²) in [4.78, 5) is 27.2. The summed E-state index contributed by atoms with van der Waals surface area (Å²) in [5.41, 5.74) is 7.58. The second-order valence-electron chi connectivity index (χ2n) is 8.18. The van der Waals surface area contributed by atoms with Gasteiger partial charge in [0.05, 0.1) is 0 Å². The van der Waals surface area contributed by atoms with Crippen LogP contribution in [0.2, 0.25) is 0 Å². The minimum atomic E-state index is -0.207. The first-order chi connectivity index (χ1) is 13.0. The summed E-state index contributed by atoms with van der Waals surface area (Å²) in [5, 5.41) is 3.11. The second kappa shape index (κ2) is 8.85. The average Bonchev–Trinajstić information content (AvgIpc) is 3.18. The first-order valence-electron chi connectivity index (χ1n) is 10.1. The van der Waals surface area contributed by atoms with Crippen molar-refractivity contribution in [2.45, 2.75) is 58.2 Å². The molecule has 0 bridgehead atoms. The Balaban J connectivity index is 1.47. The number of piperidine rings is 1. The summed E-state index contributed by atoms with van der Waals surface area (Å²) in [7, 11) is 0. The van der Waals surface area contributed by atoms with Crippen LogP contribution in [0, 0.1) is 11.8 Å². The van der Waals surface area contributed by atoms with Crippen LogP contribution in [-0.4, -0.2) is 41.9 Å². The Bertz CT molecular complexity index is 641. The molecule has 1 aromatic rings. The van der Waals surface area contributed by atoms with Gasteiger partial charge in [-0.1, -0.05) is 44.2 Å². The fourth-order valence-corrected chi connectivity index (χ4v) is 3.71. The molecule has 0 aromatic heterocycles. The minimum absolute atomic E-state index is 0.0157. The van der Waals surface area contributed by atoms with Crippen molar-refractivity contribution in [1.82, 2.24) is 21.1 Å². The SMILES string of the molecule is CC(C)C(C)NC(=O)C1CCN(C(=O)C2CC(c3ccccc3)NN2)CC1. The molecule has 1 aromatic carbocycles. The lowest BCUT2D eigenvalue weighted by Crippen LogP contribution is -2.50. The van der Waals surface area contributed by atoms with Crippen molar-refractivity contribution >= 4 is 11.8 Å². The molecule has 6 heteroatoms. The van der Waals surface area contributed by atoms with Crippen LogP contribution in [0.25, 0.3) is 0 Å². The van der Waals surface area contributed by atoms with Crippen LogP contribution in [0.4, 0.5) is 0 Å². The highest BCUT2D eigenvalue weighted by molar-refractivity contribution is 5.83. The van der Waals surface area contributed by atoms with E-state index in [9.17, 15) is 9.59 Å². The van der Waals surface area contributed by atoms with E-state index in [1.54, 1.807) is 0 Å². The summed E-state index contributed by atoms with van der Waals surface area (Å²) in [6.45, 7) is 7.57. The maximum atomic E-state index is 12.8. The van der Waals surface area contributed by atoms with Crippen molar-refractivity contribution in [2.75, 3.05) is 13.1 Å². The maximum absolute atomic E-state index is 12.8. The zero-order chi connectivity index (χ0) is 19.4. The first-order valence-corrected chi connectivity index (χ1v) is 10.1. The van der Waals surface area contributed by atoms with Gasteiger partial charge in [0, 0.05) is 31.1 Å². The molecule has 2 amide bonds. The lowest BCUT2D eigenvalue weighted by atomic mass is 9.94. The zero-order valence-corrected chi connectivity index (χ0v) is 16.6. The number of benzene rings is 1. The van der Waals surface area contributed by atoms with E-state index in [2.05, 4.69) is 42.1 Å². The highest BCUT2D eigenvalue weighted by Gasteiger charge is 2.35. The molecule has 6 nitrogen and oxygen atoms in total. The van der Waals surface area contributed by atoms with E-state index >= 15 is 0 Å². The molecule has 0 aliphatic carbocycles. The molecule has 3 atom stereocenters. The largest absolute Gasteiger partial charge is 0.353 e. The molecule has 2 heterocycles. The fraction of sp³-hybridized carbons (Fsp3) is 0.619. The van der Waals surface area contributed by atoms with E-state index in [0.717, 1.165) is 19.3 Å². The third-order valence-electron chi connectivity index (χ3n) is 5.95. The van der Waals surface area contributed by atoms with Crippen molar-refractivity contribution < 1.29 is 9.59 Å². The van der Waals surface area contributed by atoms with Gasteiger partial charge in [-0.05, 0) is 37.7 Å². The Kier molecular flexibility index (Phi) is 6.50. The first kappa shape index (κ1) is 19.8. The molecular weight excluding hydrogens is 340 g/mol. The summed E-state index contributed by atoms with van der Waals surface area (Å²) in [5.74, 6) is 0.708. The molecule has 148 valence electrons. The number of hydrazine groups is 1. The van der Waals surface area contributed by atoms with Crippen LogP contribution >= 0.6 is 0 Å². The summed E-state index contributed by atoms with van der Waals surface area (Å²) in [6, 6.07) is 10.3. The second-order valence-corrected chi connectivity index (χ2v) is 8.18. The monoisotopic (exact) mass is 372 g/mol. The third kappa shape index (κ3) is 4.87. The number of nitrogens with one attached hydrogen (secondary N) is 3. The van der Waals surface area contributed by atoms with Crippen LogP contribution in [0.1, 0.15) is 51.6 Å². The molecule has 27 heavy (non-hydrogen) atoms. The van der Waals surface area contributed by atoms with Gasteiger partial charge in [-0.15, -0.1) is 0 Å². The number of likely N-dealkylation sites (tertiary alicyclic amines) is 1. The standard InChI is InChI=1S/C21H32N4O2/c1-14(2)15(3)22-20(26)17-9-11-25(12-10-17)21(27)19-13-18(23-24-19)16-7-5-4-6-8-16/h4-8,14-15,17-19,23-24H,9-13H2,1-3H3,(H,22,26). The molecule has 2 aliphatic heterocycles. The molecule has 0 radical (unpaired) electrons. The quantitative estimate of drug-likeness (QED) is 0.739. The summed E-state index contributed by atoms with van der Waals surface area (Å²) in [6.07, 6.45) is 2.23. The van der Waals surface area contributed by atoms with E-state index in [4.69, 9.17) is 0 Å². The Morgan fingerprint density at radius 2 is 1.74 bits per heavy atom. The van der Waals surface area contributed by atoms with E-state index in [1.807, 2.05) is 30.0 Å². The zero-order valence-electron chi connectivity index (χ0n) is 16.6. The lowest BCUT2D eigenvalue weighted by Gasteiger charge is -2.33. The molecular formula is C21H32N4O2. The van der Waals surface area contributed by atoms with Gasteiger partial charge in [0.2, 0.25) is 11.8 Å². The summed E-state index contributed by atoms with van der Waals surface area (Å²) >= 11 is 0. The Morgan fingerprint density at radius 1 is 1.07 bits per heavy atom. The Morgan fingerprint density at radius 3 is 2.37 bits per heavy atom. The maximum Gasteiger partial charge on any atom is 0.241 e. The number of hydrogen-bond donors (Lipinski definition) is 3. The average molecular weight is 373 g/mol. The van der Waals surface area contributed by atoms with Crippen LogP contribution < -0.4 is 16.2 Å². The van der Waals surface area contributed by atoms with Crippen molar-refractivity contribution in [1.29, 1.82) is 0 Å². The van der Waals surface area contributed by atoms with E-state index < -0.39 is 0 Å². The summed E-state index contributed by atoms with van der Waals surface area (Å²) < 4.78 is 0. The Labute approximate surface area is 162 Å². The number of carbonyl (C=O) groups is 2. The minimum Gasteiger partial charge on any atom is -0.353 e. The molecule has 3 rings (SSSR count). The van der Waals surface area contributed by atoms with Crippen molar-refractivity contribution in [2.24, 2.45) is 11.8 Å². The van der Waals surface area contributed by atoms with Crippen LogP contribution in [0.5, 0.6) is 0 Å². The van der Waals surface area contributed by atoms with E-state index in [-0.39, 0.29) is 35.9 Å². The molecule has 2 aliphatic rings. The van der Waals surface area contributed by atoms with Gasteiger partial charge in [-0.25, -0.2) is 10.9 Å². The number of rotatable bonds is 5. The Hall–Kier alpha value is -1.92. The predicted octanol–water partition coefficient (Wildman–Crippen LogP) is 1.99. The van der Waals surface area contributed by atoms with Gasteiger partial charge in [-0.3, -0.25) is 9.59 Å². The molecule has 2 fully saturated rings. The van der Waals surface area contributed by atoms with Crippen molar-refractivity contribution in [3.8, 4) is 0 Å². The van der Waals surface area contributed by atoms with E-state index in [1.165, 1.54) is 5.56 Å². The highest BCUT2D eigenvalue weighted by Crippen LogP contribution is 2.25. The predicted molar refractivity (Wildman–Crippen MR) is 106 cm³/mol. The third-order valence-corrected chi connectivity index (χ3v) is 5.95. The van der Waals surface area contributed by atoms with Crippen LogP contribution in [0.3, 0.4) is 0 Å². The number of hydrogen-bond acceptors (Lipinski definition) is 4. The van der Waals surface area contributed by atoms with Gasteiger partial charge in [0.15, 0.2) is 0 Å². The normalized spacial score (nSPS) is 24.8. The number of amides is 2. The molecule has 2 saturated heterocycles. The molecule has 3 N–H and O–H groups in total. The van der Waals surface area contributed by atoms with Crippen LogP contribution in [0.15, 0.2) is 30.3 Å². The van der Waals surface area contributed by atoms with Gasteiger partial charge < -0.3 is 10.2 Å². The van der Waals surface area contributed by atoms with Gasteiger partial charge in [0.25, 0.3) is 0 Å². The van der Waals surface area contributed by atoms with Crippen LogP contribution in [-0.2, 0) is 9.59 Å². The van der Waals surface area contributed by atoms with Gasteiger partial charge >= 0.3 is 0 Å². The van der Waals surface area contributed by atoms with Crippen molar-refractivity contribution in [3.05, 3.63) is 35.9 Å². The molecule has 0 spiro atoms. The van der Waals surface area contributed by atoms with Crippen molar-refractivity contribution in [3.63, 3.8) is 0 Å². The molecule has 3 unspecified atom stereocenters. The molecule has 0 saturated carbocycles. The number of carbonyl (C=O) groups excluding carboxylic acids is 2.